The van der Waals surface area contributed by atoms with Crippen LogP contribution < -0.4 is 4.90 Å². The number of nitrogens with zero attached hydrogens (tertiary/aromatic N) is 2. The lowest BCUT2D eigenvalue weighted by atomic mass is 10.1. The molecule has 0 N–H and O–H groups in total. The SMILES string of the molecule is COC(=O)c1ccc(Cl)c(N2CCN(C(=O)CCc3ccccc3)CC2)c1. The van der Waals surface area contributed by atoms with E-state index in [1.165, 1.54) is 12.7 Å². The fourth-order valence-corrected chi connectivity index (χ4v) is 3.49. The average molecular weight is 387 g/mol. The van der Waals surface area contributed by atoms with Crippen molar-refractivity contribution in [2.45, 2.75) is 12.8 Å². The Hall–Kier alpha value is -2.53. The van der Waals surface area contributed by atoms with Gasteiger partial charge >= 0.3 is 5.97 Å². The summed E-state index contributed by atoms with van der Waals surface area (Å²) in [7, 11) is 1.36. The van der Waals surface area contributed by atoms with Crippen LogP contribution >= 0.6 is 11.6 Å². The van der Waals surface area contributed by atoms with Crippen molar-refractivity contribution in [2.24, 2.45) is 0 Å². The molecule has 1 amide bonds. The third-order valence-corrected chi connectivity index (χ3v) is 5.13. The second-order valence-corrected chi connectivity index (χ2v) is 6.92. The van der Waals surface area contributed by atoms with E-state index in [0.29, 0.717) is 43.2 Å². The third kappa shape index (κ3) is 4.80. The van der Waals surface area contributed by atoms with E-state index in [1.807, 2.05) is 35.2 Å². The van der Waals surface area contributed by atoms with Gasteiger partial charge in [0.2, 0.25) is 5.91 Å². The number of amides is 1. The Morgan fingerprint density at radius 3 is 2.41 bits per heavy atom. The first-order valence-corrected chi connectivity index (χ1v) is 9.41. The van der Waals surface area contributed by atoms with Crippen LogP contribution in [0.5, 0.6) is 0 Å². The fraction of sp³-hybridized carbons (Fsp3) is 0.333. The van der Waals surface area contributed by atoms with Gasteiger partial charge in [0, 0.05) is 32.6 Å². The molecule has 0 saturated carbocycles. The topological polar surface area (TPSA) is 49.9 Å². The average Bonchev–Trinajstić information content (AvgIpc) is 2.72. The summed E-state index contributed by atoms with van der Waals surface area (Å²) in [5.74, 6) is -0.212. The van der Waals surface area contributed by atoms with Crippen molar-refractivity contribution in [1.29, 1.82) is 0 Å². The molecule has 1 fully saturated rings. The third-order valence-electron chi connectivity index (χ3n) is 4.81. The molecule has 6 heteroatoms. The minimum Gasteiger partial charge on any atom is -0.465 e. The number of hydrogen-bond acceptors (Lipinski definition) is 4. The van der Waals surface area contributed by atoms with Crippen LogP contribution in [0.3, 0.4) is 0 Å². The molecule has 0 unspecified atom stereocenters. The quantitative estimate of drug-likeness (QED) is 0.739. The number of anilines is 1. The zero-order chi connectivity index (χ0) is 19.2. The maximum absolute atomic E-state index is 12.5. The van der Waals surface area contributed by atoms with Crippen LogP contribution in [0.2, 0.25) is 5.02 Å². The smallest absolute Gasteiger partial charge is 0.337 e. The number of methoxy groups -OCH3 is 1. The number of ether oxygens (including phenoxy) is 1. The number of carbonyl (C=O) groups excluding carboxylic acids is 2. The van der Waals surface area contributed by atoms with Crippen LogP contribution in [-0.4, -0.2) is 50.1 Å². The van der Waals surface area contributed by atoms with Crippen molar-refractivity contribution in [3.05, 3.63) is 64.7 Å². The Bertz CT molecular complexity index is 802. The molecule has 0 aromatic heterocycles. The maximum atomic E-state index is 12.5. The van der Waals surface area contributed by atoms with Gasteiger partial charge in [-0.25, -0.2) is 4.79 Å². The number of halogens is 1. The van der Waals surface area contributed by atoms with Crippen LogP contribution in [-0.2, 0) is 16.0 Å². The molecule has 1 saturated heterocycles. The zero-order valence-corrected chi connectivity index (χ0v) is 16.1. The van der Waals surface area contributed by atoms with Gasteiger partial charge in [0.25, 0.3) is 0 Å². The van der Waals surface area contributed by atoms with Gasteiger partial charge in [-0.3, -0.25) is 4.79 Å². The second-order valence-electron chi connectivity index (χ2n) is 6.51. The summed E-state index contributed by atoms with van der Waals surface area (Å²) < 4.78 is 4.78. The Morgan fingerprint density at radius 2 is 1.74 bits per heavy atom. The molecule has 0 spiro atoms. The van der Waals surface area contributed by atoms with E-state index in [-0.39, 0.29) is 11.9 Å². The molecule has 2 aromatic rings. The summed E-state index contributed by atoms with van der Waals surface area (Å²) in [4.78, 5) is 28.2. The van der Waals surface area contributed by atoms with Gasteiger partial charge in [-0.1, -0.05) is 41.9 Å². The van der Waals surface area contributed by atoms with Crippen LogP contribution in [0.1, 0.15) is 22.3 Å². The molecule has 0 atom stereocenters. The van der Waals surface area contributed by atoms with Crippen molar-refractivity contribution in [3.8, 4) is 0 Å². The lowest BCUT2D eigenvalue weighted by Crippen LogP contribution is -2.49. The fourth-order valence-electron chi connectivity index (χ4n) is 3.25. The first kappa shape index (κ1) is 19.2. The van der Waals surface area contributed by atoms with Crippen molar-refractivity contribution in [1.82, 2.24) is 4.90 Å². The molecule has 142 valence electrons. The number of aryl methyl sites for hydroxylation is 1. The van der Waals surface area contributed by atoms with Crippen molar-refractivity contribution in [3.63, 3.8) is 0 Å². The molecule has 0 radical (unpaired) electrons. The number of piperazine rings is 1. The summed E-state index contributed by atoms with van der Waals surface area (Å²) in [6.45, 7) is 2.65. The highest BCUT2D eigenvalue weighted by atomic mass is 35.5. The summed E-state index contributed by atoms with van der Waals surface area (Å²) in [6.07, 6.45) is 1.27. The first-order valence-electron chi connectivity index (χ1n) is 9.03. The predicted molar refractivity (Wildman–Crippen MR) is 106 cm³/mol. The van der Waals surface area contributed by atoms with E-state index in [9.17, 15) is 9.59 Å². The highest BCUT2D eigenvalue weighted by Gasteiger charge is 2.23. The number of esters is 1. The van der Waals surface area contributed by atoms with Gasteiger partial charge in [-0.15, -0.1) is 0 Å². The number of carbonyl (C=O) groups is 2. The normalized spacial score (nSPS) is 14.1. The molecule has 2 aromatic carbocycles. The molecule has 1 heterocycles. The Kier molecular flexibility index (Phi) is 6.35. The Balaban J connectivity index is 1.57. The summed E-state index contributed by atoms with van der Waals surface area (Å²) >= 11 is 6.32. The van der Waals surface area contributed by atoms with Crippen molar-refractivity contribution in [2.75, 3.05) is 38.2 Å². The van der Waals surface area contributed by atoms with Gasteiger partial charge in [-0.05, 0) is 30.2 Å². The van der Waals surface area contributed by atoms with Gasteiger partial charge in [-0.2, -0.15) is 0 Å². The number of rotatable bonds is 5. The standard InChI is InChI=1S/C21H23ClN2O3/c1-27-21(26)17-8-9-18(22)19(15-17)23-11-13-24(14-12-23)20(25)10-7-16-5-3-2-4-6-16/h2-6,8-9,15H,7,10-14H2,1H3. The van der Waals surface area contributed by atoms with Crippen LogP contribution in [0.15, 0.2) is 48.5 Å². The van der Waals surface area contributed by atoms with Crippen molar-refractivity contribution < 1.29 is 14.3 Å². The largest absolute Gasteiger partial charge is 0.465 e. The molecule has 0 bridgehead atoms. The molecular weight excluding hydrogens is 364 g/mol. The van der Waals surface area contributed by atoms with Gasteiger partial charge < -0.3 is 14.5 Å². The second kappa shape index (κ2) is 8.91. The van der Waals surface area contributed by atoms with E-state index in [4.69, 9.17) is 16.3 Å². The first-order chi connectivity index (χ1) is 13.1. The van der Waals surface area contributed by atoms with Gasteiger partial charge in [0.15, 0.2) is 0 Å². The lowest BCUT2D eigenvalue weighted by molar-refractivity contribution is -0.131. The minimum atomic E-state index is -0.386. The minimum absolute atomic E-state index is 0.174. The molecule has 3 rings (SSSR count). The Morgan fingerprint density at radius 1 is 1.04 bits per heavy atom. The van der Waals surface area contributed by atoms with Gasteiger partial charge in [0.1, 0.15) is 0 Å². The van der Waals surface area contributed by atoms with Crippen LogP contribution in [0.4, 0.5) is 5.69 Å². The molecule has 27 heavy (non-hydrogen) atoms. The Labute approximate surface area is 164 Å². The summed E-state index contributed by atoms with van der Waals surface area (Å²) in [5, 5.41) is 0.589. The van der Waals surface area contributed by atoms with E-state index >= 15 is 0 Å². The lowest BCUT2D eigenvalue weighted by Gasteiger charge is -2.36. The van der Waals surface area contributed by atoms with E-state index in [0.717, 1.165) is 12.1 Å². The van der Waals surface area contributed by atoms with Gasteiger partial charge in [0.05, 0.1) is 23.4 Å². The highest BCUT2D eigenvalue weighted by Crippen LogP contribution is 2.28. The molecular formula is C21H23ClN2O3. The number of hydrogen-bond donors (Lipinski definition) is 0. The zero-order valence-electron chi connectivity index (χ0n) is 15.4. The van der Waals surface area contributed by atoms with E-state index in [1.54, 1.807) is 18.2 Å². The van der Waals surface area contributed by atoms with E-state index in [2.05, 4.69) is 4.90 Å². The molecule has 5 nitrogen and oxygen atoms in total. The number of benzene rings is 2. The predicted octanol–water partition coefficient (Wildman–Crippen LogP) is 3.41. The van der Waals surface area contributed by atoms with Crippen LogP contribution in [0, 0.1) is 0 Å². The molecule has 1 aliphatic rings. The van der Waals surface area contributed by atoms with E-state index < -0.39 is 0 Å². The molecule has 0 aliphatic carbocycles. The summed E-state index contributed by atoms with van der Waals surface area (Å²) in [5.41, 5.74) is 2.45. The summed E-state index contributed by atoms with van der Waals surface area (Å²) in [6, 6.07) is 15.2. The van der Waals surface area contributed by atoms with Crippen LogP contribution in [0.25, 0.3) is 0 Å². The molecule has 1 aliphatic heterocycles. The van der Waals surface area contributed by atoms with Crippen molar-refractivity contribution >= 4 is 29.2 Å². The highest BCUT2D eigenvalue weighted by molar-refractivity contribution is 6.33. The maximum Gasteiger partial charge on any atom is 0.337 e. The monoisotopic (exact) mass is 386 g/mol.